The molecule has 82 valence electrons. The van der Waals surface area contributed by atoms with Crippen LogP contribution >= 0.6 is 0 Å². The summed E-state index contributed by atoms with van der Waals surface area (Å²) >= 11 is 0. The van der Waals surface area contributed by atoms with Crippen molar-refractivity contribution in [3.05, 3.63) is 18.0 Å². The predicted molar refractivity (Wildman–Crippen MR) is 59.5 cm³/mol. The highest BCUT2D eigenvalue weighted by atomic mass is 15.3. The molecule has 0 saturated heterocycles. The summed E-state index contributed by atoms with van der Waals surface area (Å²) in [4.78, 5) is 10.1. The van der Waals surface area contributed by atoms with E-state index >= 15 is 0 Å². The third-order valence-corrected chi connectivity index (χ3v) is 2.10. The molecule has 16 heavy (non-hydrogen) atoms. The molecule has 0 amide bonds. The highest BCUT2D eigenvalue weighted by Crippen LogP contribution is 2.11. The average Bonchev–Trinajstić information content (AvgIpc) is 2.29. The molecule has 1 aromatic heterocycles. The zero-order chi connectivity index (χ0) is 12.0. The van der Waals surface area contributed by atoms with Crippen molar-refractivity contribution in [2.45, 2.75) is 26.3 Å². The van der Waals surface area contributed by atoms with Crippen LogP contribution in [0.4, 0.5) is 5.95 Å². The summed E-state index contributed by atoms with van der Waals surface area (Å²) in [5.41, 5.74) is 0.340. The van der Waals surface area contributed by atoms with Gasteiger partial charge in [0.2, 0.25) is 5.95 Å². The van der Waals surface area contributed by atoms with E-state index in [0.29, 0.717) is 24.6 Å². The van der Waals surface area contributed by atoms with E-state index in [-0.39, 0.29) is 6.04 Å². The number of nitrogens with zero attached hydrogens (tertiary/aromatic N) is 5. The normalized spacial score (nSPS) is 9.56. The second kappa shape index (κ2) is 5.67. The first kappa shape index (κ1) is 11.9. The van der Waals surface area contributed by atoms with Crippen LogP contribution in [0, 0.1) is 22.7 Å². The molecule has 0 aliphatic rings. The van der Waals surface area contributed by atoms with Gasteiger partial charge in [0.1, 0.15) is 11.8 Å². The van der Waals surface area contributed by atoms with Crippen LogP contribution in [-0.2, 0) is 0 Å². The van der Waals surface area contributed by atoms with Crippen LogP contribution in [0.1, 0.15) is 26.0 Å². The van der Waals surface area contributed by atoms with E-state index in [9.17, 15) is 0 Å². The summed E-state index contributed by atoms with van der Waals surface area (Å²) in [6, 6.07) is 5.82. The maximum atomic E-state index is 8.75. The first-order valence-electron chi connectivity index (χ1n) is 5.05. The van der Waals surface area contributed by atoms with Gasteiger partial charge >= 0.3 is 0 Å². The molecule has 5 nitrogen and oxygen atoms in total. The van der Waals surface area contributed by atoms with Crippen LogP contribution in [0.15, 0.2) is 12.3 Å². The van der Waals surface area contributed by atoms with Gasteiger partial charge in [0, 0.05) is 18.8 Å². The Morgan fingerprint density at radius 2 is 2.19 bits per heavy atom. The molecule has 1 rings (SSSR count). The predicted octanol–water partition coefficient (Wildman–Crippen LogP) is 1.48. The van der Waals surface area contributed by atoms with Gasteiger partial charge < -0.3 is 4.90 Å². The fourth-order valence-corrected chi connectivity index (χ4v) is 1.31. The molecule has 1 heterocycles. The van der Waals surface area contributed by atoms with Crippen LogP contribution in [0.5, 0.6) is 0 Å². The standard InChI is InChI=1S/C11H13N5/c1-9(2)16(7-3-5-12)11-14-6-4-10(8-13)15-11/h4,6,9H,3,7H2,1-2H3. The summed E-state index contributed by atoms with van der Waals surface area (Å²) in [5, 5.41) is 17.3. The summed E-state index contributed by atoms with van der Waals surface area (Å²) in [7, 11) is 0. The molecule has 0 atom stereocenters. The molecule has 0 radical (unpaired) electrons. The molecule has 0 unspecified atom stereocenters. The van der Waals surface area contributed by atoms with Gasteiger partial charge in [-0.05, 0) is 19.9 Å². The molecule has 0 spiro atoms. The second-order valence-electron chi connectivity index (χ2n) is 3.55. The van der Waals surface area contributed by atoms with E-state index in [2.05, 4.69) is 16.0 Å². The van der Waals surface area contributed by atoms with Crippen LogP contribution in [0.2, 0.25) is 0 Å². The van der Waals surface area contributed by atoms with Gasteiger partial charge in [0.05, 0.1) is 12.5 Å². The second-order valence-corrected chi connectivity index (χ2v) is 3.55. The van der Waals surface area contributed by atoms with E-state index in [4.69, 9.17) is 10.5 Å². The zero-order valence-corrected chi connectivity index (χ0v) is 9.38. The minimum absolute atomic E-state index is 0.197. The number of aromatic nitrogens is 2. The van der Waals surface area contributed by atoms with Crippen molar-refractivity contribution in [3.63, 3.8) is 0 Å². The molecule has 0 bridgehead atoms. The Morgan fingerprint density at radius 1 is 1.44 bits per heavy atom. The SMILES string of the molecule is CC(C)N(CCC#N)c1nccc(C#N)n1. The largest absolute Gasteiger partial charge is 0.337 e. The third-order valence-electron chi connectivity index (χ3n) is 2.10. The smallest absolute Gasteiger partial charge is 0.226 e. The van der Waals surface area contributed by atoms with Gasteiger partial charge in [0.15, 0.2) is 0 Å². The van der Waals surface area contributed by atoms with Crippen molar-refractivity contribution in [2.24, 2.45) is 0 Å². The van der Waals surface area contributed by atoms with Gasteiger partial charge in [-0.1, -0.05) is 0 Å². The Morgan fingerprint density at radius 3 is 2.75 bits per heavy atom. The van der Waals surface area contributed by atoms with Crippen molar-refractivity contribution < 1.29 is 0 Å². The molecule has 0 saturated carbocycles. The van der Waals surface area contributed by atoms with Crippen molar-refractivity contribution in [1.82, 2.24) is 9.97 Å². The van der Waals surface area contributed by atoms with Gasteiger partial charge in [-0.3, -0.25) is 0 Å². The van der Waals surface area contributed by atoms with Crippen molar-refractivity contribution in [2.75, 3.05) is 11.4 Å². The van der Waals surface area contributed by atoms with Crippen LogP contribution in [0.25, 0.3) is 0 Å². The molecule has 1 aromatic rings. The van der Waals surface area contributed by atoms with E-state index in [0.717, 1.165) is 0 Å². The Kier molecular flexibility index (Phi) is 4.23. The van der Waals surface area contributed by atoms with E-state index in [1.807, 2.05) is 24.8 Å². The molecule has 0 fully saturated rings. The lowest BCUT2D eigenvalue weighted by Gasteiger charge is -2.25. The molecule has 0 aliphatic carbocycles. The monoisotopic (exact) mass is 215 g/mol. The topological polar surface area (TPSA) is 76.6 Å². The number of rotatable bonds is 4. The number of hydrogen-bond acceptors (Lipinski definition) is 5. The number of hydrogen-bond donors (Lipinski definition) is 0. The highest BCUT2D eigenvalue weighted by molar-refractivity contribution is 5.34. The molecular formula is C11H13N5. The van der Waals surface area contributed by atoms with Crippen LogP contribution in [-0.4, -0.2) is 22.6 Å². The molecular weight excluding hydrogens is 202 g/mol. The summed E-state index contributed by atoms with van der Waals surface area (Å²) in [5.74, 6) is 0.504. The number of nitriles is 2. The zero-order valence-electron chi connectivity index (χ0n) is 9.38. The van der Waals surface area contributed by atoms with E-state index in [1.54, 1.807) is 12.3 Å². The first-order chi connectivity index (χ1) is 7.69. The van der Waals surface area contributed by atoms with Crippen LogP contribution < -0.4 is 4.90 Å². The maximum absolute atomic E-state index is 8.75. The van der Waals surface area contributed by atoms with E-state index < -0.39 is 0 Å². The van der Waals surface area contributed by atoms with Crippen molar-refractivity contribution in [1.29, 1.82) is 10.5 Å². The molecule has 0 aromatic carbocycles. The Bertz CT molecular complexity index is 427. The van der Waals surface area contributed by atoms with Crippen molar-refractivity contribution in [3.8, 4) is 12.1 Å². The highest BCUT2D eigenvalue weighted by Gasteiger charge is 2.13. The minimum atomic E-state index is 0.197. The Balaban J connectivity index is 2.93. The van der Waals surface area contributed by atoms with Crippen LogP contribution in [0.3, 0.4) is 0 Å². The quantitative estimate of drug-likeness (QED) is 0.760. The van der Waals surface area contributed by atoms with E-state index in [1.165, 1.54) is 0 Å². The fourth-order valence-electron chi connectivity index (χ4n) is 1.31. The molecule has 0 aliphatic heterocycles. The summed E-state index contributed by atoms with van der Waals surface area (Å²) in [6.07, 6.45) is 1.97. The molecule has 5 heteroatoms. The van der Waals surface area contributed by atoms with Gasteiger partial charge in [-0.25, -0.2) is 9.97 Å². The van der Waals surface area contributed by atoms with Gasteiger partial charge in [-0.15, -0.1) is 0 Å². The van der Waals surface area contributed by atoms with Gasteiger partial charge in [0.25, 0.3) is 0 Å². The lowest BCUT2D eigenvalue weighted by molar-refractivity contribution is 0.664. The third kappa shape index (κ3) is 2.93. The number of anilines is 1. The average molecular weight is 215 g/mol. The Hall–Kier alpha value is -2.14. The maximum Gasteiger partial charge on any atom is 0.226 e. The summed E-state index contributed by atoms with van der Waals surface area (Å²) < 4.78 is 0. The fraction of sp³-hybridized carbons (Fsp3) is 0.455. The minimum Gasteiger partial charge on any atom is -0.337 e. The lowest BCUT2D eigenvalue weighted by atomic mass is 10.3. The Labute approximate surface area is 95.0 Å². The summed E-state index contributed by atoms with van der Waals surface area (Å²) in [6.45, 7) is 4.57. The van der Waals surface area contributed by atoms with Gasteiger partial charge in [-0.2, -0.15) is 10.5 Å². The van der Waals surface area contributed by atoms with Crippen molar-refractivity contribution >= 4 is 5.95 Å². The first-order valence-corrected chi connectivity index (χ1v) is 5.05. The lowest BCUT2D eigenvalue weighted by Crippen LogP contribution is -2.33. The molecule has 0 N–H and O–H groups in total.